The number of carbonyl (C=O) groups is 2. The van der Waals surface area contributed by atoms with E-state index in [1.54, 1.807) is 35.5 Å². The minimum atomic E-state index is -0.381. The van der Waals surface area contributed by atoms with E-state index in [4.69, 9.17) is 18.9 Å². The van der Waals surface area contributed by atoms with Gasteiger partial charge in [-0.25, -0.2) is 0 Å². The van der Waals surface area contributed by atoms with Crippen LogP contribution in [0.4, 0.5) is 0 Å². The van der Waals surface area contributed by atoms with Gasteiger partial charge in [-0.3, -0.25) is 14.6 Å². The van der Waals surface area contributed by atoms with Crippen LogP contribution in [0.2, 0.25) is 0 Å². The van der Waals surface area contributed by atoms with Gasteiger partial charge in [-0.05, 0) is 31.5 Å². The highest BCUT2D eigenvalue weighted by Crippen LogP contribution is 2.40. The van der Waals surface area contributed by atoms with Gasteiger partial charge in [0, 0.05) is 30.9 Å². The summed E-state index contributed by atoms with van der Waals surface area (Å²) in [5.74, 6) is 7.01. The molecule has 2 aromatic rings. The zero-order valence-electron chi connectivity index (χ0n) is 20.8. The second kappa shape index (κ2) is 12.8. The smallest absolute Gasteiger partial charge is 0.255 e. The number of hydrogen-bond donors (Lipinski definition) is 0. The van der Waals surface area contributed by atoms with Crippen LogP contribution < -0.4 is 14.2 Å². The molecule has 1 amide bonds. The van der Waals surface area contributed by atoms with Gasteiger partial charge in [0.15, 0.2) is 17.3 Å². The van der Waals surface area contributed by atoms with E-state index in [9.17, 15) is 9.59 Å². The van der Waals surface area contributed by atoms with Crippen molar-refractivity contribution in [3.8, 4) is 29.1 Å². The van der Waals surface area contributed by atoms with Gasteiger partial charge < -0.3 is 23.8 Å². The van der Waals surface area contributed by atoms with Crippen LogP contribution >= 0.6 is 0 Å². The van der Waals surface area contributed by atoms with Gasteiger partial charge in [0.1, 0.15) is 12.7 Å². The summed E-state index contributed by atoms with van der Waals surface area (Å²) in [6, 6.07) is 5.08. The Labute approximate surface area is 206 Å². The molecule has 0 bridgehead atoms. The maximum atomic E-state index is 13.1. The Balaban J connectivity index is 1.69. The van der Waals surface area contributed by atoms with E-state index < -0.39 is 0 Å². The van der Waals surface area contributed by atoms with E-state index in [0.29, 0.717) is 48.1 Å². The first kappa shape index (κ1) is 26.0. The monoisotopic (exact) mass is 480 g/mol. The summed E-state index contributed by atoms with van der Waals surface area (Å²) >= 11 is 0. The molecule has 1 aliphatic heterocycles. The van der Waals surface area contributed by atoms with Crippen LogP contribution in [0, 0.1) is 11.8 Å². The van der Waals surface area contributed by atoms with Crippen molar-refractivity contribution in [2.24, 2.45) is 0 Å². The number of aromatic nitrogens is 1. The average molecular weight is 481 g/mol. The number of amides is 1. The number of ether oxygens (including phenoxy) is 4. The molecule has 8 nitrogen and oxygen atoms in total. The highest BCUT2D eigenvalue weighted by molar-refractivity contribution is 5.98. The second-order valence-electron chi connectivity index (χ2n) is 8.16. The number of methoxy groups -OCH3 is 2. The van der Waals surface area contributed by atoms with Gasteiger partial charge in [0.25, 0.3) is 5.91 Å². The molecule has 0 radical (unpaired) electrons. The minimum absolute atomic E-state index is 0.133. The van der Waals surface area contributed by atoms with Gasteiger partial charge in [-0.2, -0.15) is 0 Å². The SMILES string of the molecule is CCCCC#Cc1cncc(C(=O)N2CCOC(COc3c(C(C)=O)ccc(OC)c3OC)C2)c1. The molecule has 2 heterocycles. The fourth-order valence-electron chi connectivity index (χ4n) is 3.74. The highest BCUT2D eigenvalue weighted by Gasteiger charge is 2.27. The third kappa shape index (κ3) is 6.74. The quantitative estimate of drug-likeness (QED) is 0.307. The summed E-state index contributed by atoms with van der Waals surface area (Å²) < 4.78 is 22.6. The van der Waals surface area contributed by atoms with Gasteiger partial charge >= 0.3 is 0 Å². The summed E-state index contributed by atoms with van der Waals surface area (Å²) in [6.45, 7) is 4.89. The molecular formula is C27H32N2O6. The van der Waals surface area contributed by atoms with Gasteiger partial charge in [-0.15, -0.1) is 0 Å². The molecule has 1 aromatic carbocycles. The molecule has 1 aromatic heterocycles. The number of morpholine rings is 1. The standard InChI is InChI=1S/C27H32N2O6/c1-5-6-7-8-9-20-14-21(16-28-15-20)27(31)29-12-13-34-22(17-29)18-35-25-23(19(2)30)10-11-24(32-3)26(25)33-4/h10-11,14-16,22H,5-7,12-13,17-18H2,1-4H3. The van der Waals surface area contributed by atoms with Crippen LogP contribution in [0.5, 0.6) is 17.2 Å². The first-order valence-corrected chi connectivity index (χ1v) is 11.7. The third-order valence-electron chi connectivity index (χ3n) is 5.59. The maximum absolute atomic E-state index is 13.1. The van der Waals surface area contributed by atoms with E-state index in [1.807, 2.05) is 0 Å². The Morgan fingerprint density at radius 3 is 2.74 bits per heavy atom. The number of rotatable bonds is 9. The number of carbonyl (C=O) groups excluding carboxylic acids is 2. The molecule has 3 rings (SSSR count). The van der Waals surface area contributed by atoms with Crippen LogP contribution in [-0.4, -0.2) is 68.2 Å². The maximum Gasteiger partial charge on any atom is 0.255 e. The number of Topliss-reactive ketones (excluding diaryl/α,β-unsaturated/α-hetero) is 1. The van der Waals surface area contributed by atoms with Crippen molar-refractivity contribution in [1.82, 2.24) is 9.88 Å². The Bertz CT molecular complexity index is 1100. The molecule has 0 aliphatic carbocycles. The first-order valence-electron chi connectivity index (χ1n) is 11.7. The van der Waals surface area contributed by atoms with Crippen LogP contribution in [0.3, 0.4) is 0 Å². The fourth-order valence-corrected chi connectivity index (χ4v) is 3.74. The van der Waals surface area contributed by atoms with Crippen LogP contribution in [0.1, 0.15) is 59.4 Å². The van der Waals surface area contributed by atoms with Gasteiger partial charge in [0.05, 0.1) is 38.5 Å². The Kier molecular flexibility index (Phi) is 9.50. The lowest BCUT2D eigenvalue weighted by Gasteiger charge is -2.33. The molecule has 8 heteroatoms. The van der Waals surface area contributed by atoms with Crippen LogP contribution in [-0.2, 0) is 4.74 Å². The summed E-state index contributed by atoms with van der Waals surface area (Å²) in [5.41, 5.74) is 1.60. The molecule has 186 valence electrons. The molecule has 35 heavy (non-hydrogen) atoms. The van der Waals surface area contributed by atoms with Crippen molar-refractivity contribution in [2.75, 3.05) is 40.5 Å². The highest BCUT2D eigenvalue weighted by atomic mass is 16.6. The van der Waals surface area contributed by atoms with Crippen LogP contribution in [0.15, 0.2) is 30.6 Å². The third-order valence-corrected chi connectivity index (χ3v) is 5.59. The second-order valence-corrected chi connectivity index (χ2v) is 8.16. The number of benzene rings is 1. The number of pyridine rings is 1. The summed E-state index contributed by atoms with van der Waals surface area (Å²) in [7, 11) is 3.01. The van der Waals surface area contributed by atoms with Crippen molar-refractivity contribution in [3.63, 3.8) is 0 Å². The van der Waals surface area contributed by atoms with Crippen molar-refractivity contribution >= 4 is 11.7 Å². The molecule has 1 atom stereocenters. The van der Waals surface area contributed by atoms with E-state index in [1.165, 1.54) is 21.1 Å². The van der Waals surface area contributed by atoms with Gasteiger partial charge in [0.2, 0.25) is 5.75 Å². The number of hydrogen-bond acceptors (Lipinski definition) is 7. The van der Waals surface area contributed by atoms with Crippen molar-refractivity contribution < 1.29 is 28.5 Å². The fraction of sp³-hybridized carbons (Fsp3) is 0.444. The zero-order chi connectivity index (χ0) is 25.2. The molecule has 1 unspecified atom stereocenters. The number of nitrogens with zero attached hydrogens (tertiary/aromatic N) is 2. The largest absolute Gasteiger partial charge is 0.493 e. The molecular weight excluding hydrogens is 448 g/mol. The zero-order valence-corrected chi connectivity index (χ0v) is 20.8. The van der Waals surface area contributed by atoms with E-state index in [-0.39, 0.29) is 24.4 Å². The molecule has 0 saturated carbocycles. The summed E-state index contributed by atoms with van der Waals surface area (Å²) in [6.07, 6.45) is 5.80. The lowest BCUT2D eigenvalue weighted by Crippen LogP contribution is -2.47. The molecule has 0 N–H and O–H groups in total. The predicted octanol–water partition coefficient (Wildman–Crippen LogP) is 3.76. The minimum Gasteiger partial charge on any atom is -0.493 e. The Morgan fingerprint density at radius 2 is 2.03 bits per heavy atom. The van der Waals surface area contributed by atoms with Gasteiger partial charge in [-0.1, -0.05) is 25.2 Å². The van der Waals surface area contributed by atoms with Crippen molar-refractivity contribution in [2.45, 2.75) is 39.2 Å². The summed E-state index contributed by atoms with van der Waals surface area (Å²) in [5, 5.41) is 0. The Morgan fingerprint density at radius 1 is 1.20 bits per heavy atom. The van der Waals surface area contributed by atoms with E-state index >= 15 is 0 Å². The number of ketones is 1. The first-order chi connectivity index (χ1) is 17.0. The topological polar surface area (TPSA) is 87.2 Å². The Hall–Kier alpha value is -3.57. The number of unbranched alkanes of at least 4 members (excludes halogenated alkanes) is 2. The van der Waals surface area contributed by atoms with E-state index in [2.05, 4.69) is 23.7 Å². The molecule has 0 spiro atoms. The normalized spacial score (nSPS) is 15.1. The lowest BCUT2D eigenvalue weighted by atomic mass is 10.1. The van der Waals surface area contributed by atoms with Crippen molar-refractivity contribution in [3.05, 3.63) is 47.3 Å². The van der Waals surface area contributed by atoms with E-state index in [0.717, 1.165) is 24.8 Å². The predicted molar refractivity (Wildman–Crippen MR) is 131 cm³/mol. The van der Waals surface area contributed by atoms with Crippen molar-refractivity contribution in [1.29, 1.82) is 0 Å². The molecule has 1 aliphatic rings. The lowest BCUT2D eigenvalue weighted by molar-refractivity contribution is -0.0405. The summed E-state index contributed by atoms with van der Waals surface area (Å²) in [4.78, 5) is 31.2. The van der Waals surface area contributed by atoms with Crippen LogP contribution in [0.25, 0.3) is 0 Å². The average Bonchev–Trinajstić information content (AvgIpc) is 2.89. The molecule has 1 fully saturated rings. The molecule has 1 saturated heterocycles.